The fourth-order valence-corrected chi connectivity index (χ4v) is 1.99. The highest BCUT2D eigenvalue weighted by Crippen LogP contribution is 2.25. The van der Waals surface area contributed by atoms with Crippen LogP contribution in [0.5, 0.6) is 0 Å². The fourth-order valence-electron chi connectivity index (χ4n) is 1.99. The van der Waals surface area contributed by atoms with Gasteiger partial charge in [-0.3, -0.25) is 0 Å². The zero-order chi connectivity index (χ0) is 14.9. The summed E-state index contributed by atoms with van der Waals surface area (Å²) in [5.74, 6) is -3.84. The van der Waals surface area contributed by atoms with Crippen molar-refractivity contribution in [2.45, 2.75) is 26.8 Å². The smallest absolute Gasteiger partial charge is 0.196 e. The lowest BCUT2D eigenvalue weighted by Crippen LogP contribution is -2.09. The predicted molar refractivity (Wildman–Crippen MR) is 74.3 cm³/mol. The van der Waals surface area contributed by atoms with E-state index >= 15 is 0 Å². The number of rotatable bonds is 3. The lowest BCUT2D eigenvalue weighted by molar-refractivity contribution is 0.448. The fraction of sp³-hybridized carbons (Fsp3) is 0.250. The van der Waals surface area contributed by atoms with E-state index in [9.17, 15) is 13.2 Å². The van der Waals surface area contributed by atoms with Crippen LogP contribution in [0.2, 0.25) is 0 Å². The molecule has 20 heavy (non-hydrogen) atoms. The number of halogens is 3. The molecular formula is C16H16F3N. The van der Waals surface area contributed by atoms with E-state index in [-0.39, 0.29) is 11.7 Å². The van der Waals surface area contributed by atoms with E-state index in [1.165, 1.54) is 11.6 Å². The molecule has 106 valence electrons. The molecule has 1 unspecified atom stereocenters. The average Bonchev–Trinajstić information content (AvgIpc) is 2.42. The van der Waals surface area contributed by atoms with Gasteiger partial charge in [0, 0.05) is 6.04 Å². The minimum atomic E-state index is -1.46. The molecule has 0 heterocycles. The van der Waals surface area contributed by atoms with E-state index in [2.05, 4.69) is 5.32 Å². The first-order valence-corrected chi connectivity index (χ1v) is 6.37. The molecule has 4 heteroatoms. The first-order chi connectivity index (χ1) is 9.40. The van der Waals surface area contributed by atoms with E-state index in [1.807, 2.05) is 39.0 Å². The number of hydrogen-bond acceptors (Lipinski definition) is 1. The molecule has 0 saturated heterocycles. The third-order valence-corrected chi connectivity index (χ3v) is 3.44. The van der Waals surface area contributed by atoms with Crippen LogP contribution in [0.15, 0.2) is 30.3 Å². The molecule has 0 aliphatic heterocycles. The molecule has 1 atom stereocenters. The third-order valence-electron chi connectivity index (χ3n) is 3.44. The Balaban J connectivity index is 2.25. The molecule has 1 N–H and O–H groups in total. The molecule has 0 saturated carbocycles. The summed E-state index contributed by atoms with van der Waals surface area (Å²) < 4.78 is 39.7. The van der Waals surface area contributed by atoms with Gasteiger partial charge in [-0.15, -0.1) is 0 Å². The van der Waals surface area contributed by atoms with E-state index < -0.39 is 17.5 Å². The van der Waals surface area contributed by atoms with Crippen molar-refractivity contribution in [3.63, 3.8) is 0 Å². The van der Waals surface area contributed by atoms with Crippen molar-refractivity contribution < 1.29 is 13.2 Å². The highest BCUT2D eigenvalue weighted by Gasteiger charge is 2.15. The largest absolute Gasteiger partial charge is 0.376 e. The summed E-state index contributed by atoms with van der Waals surface area (Å²) in [5, 5.41) is 2.86. The molecule has 0 spiro atoms. The first-order valence-electron chi connectivity index (χ1n) is 6.37. The molecule has 2 rings (SSSR count). The summed E-state index contributed by atoms with van der Waals surface area (Å²) in [5.41, 5.74) is 3.20. The van der Waals surface area contributed by atoms with Crippen LogP contribution in [0.4, 0.5) is 18.9 Å². The lowest BCUT2D eigenvalue weighted by Gasteiger charge is -2.17. The van der Waals surface area contributed by atoms with Gasteiger partial charge in [0.15, 0.2) is 17.5 Å². The molecule has 2 aromatic carbocycles. The lowest BCUT2D eigenvalue weighted by atomic mass is 10.0. The van der Waals surface area contributed by atoms with Crippen molar-refractivity contribution in [3.8, 4) is 0 Å². The number of anilines is 1. The summed E-state index contributed by atoms with van der Waals surface area (Å²) in [6.07, 6.45) is 0. The highest BCUT2D eigenvalue weighted by molar-refractivity contribution is 5.48. The second-order valence-electron chi connectivity index (χ2n) is 4.93. The van der Waals surface area contributed by atoms with Crippen molar-refractivity contribution in [1.29, 1.82) is 0 Å². The standard InChI is InChI=1S/C16H16F3N/c1-9-4-5-12(8-10(9)2)11(3)20-14-7-6-13(17)15(18)16(14)19/h4-8,11,20H,1-3H3. The predicted octanol–water partition coefficient (Wildman–Crippen LogP) is 4.89. The van der Waals surface area contributed by atoms with E-state index in [4.69, 9.17) is 0 Å². The zero-order valence-corrected chi connectivity index (χ0v) is 11.6. The van der Waals surface area contributed by atoms with Crippen molar-refractivity contribution in [2.75, 3.05) is 5.32 Å². The molecule has 0 aliphatic rings. The van der Waals surface area contributed by atoms with Crippen molar-refractivity contribution in [2.24, 2.45) is 0 Å². The number of aryl methyl sites for hydroxylation is 2. The van der Waals surface area contributed by atoms with E-state index in [1.54, 1.807) is 0 Å². The van der Waals surface area contributed by atoms with Crippen LogP contribution in [0, 0.1) is 31.3 Å². The maximum atomic E-state index is 13.6. The Bertz CT molecular complexity index is 638. The third kappa shape index (κ3) is 2.79. The molecule has 0 aromatic heterocycles. The summed E-state index contributed by atoms with van der Waals surface area (Å²) >= 11 is 0. The minimum absolute atomic E-state index is 0.0466. The summed E-state index contributed by atoms with van der Waals surface area (Å²) in [6.45, 7) is 5.83. The molecule has 0 fully saturated rings. The van der Waals surface area contributed by atoms with Gasteiger partial charge in [0.1, 0.15) is 0 Å². The van der Waals surface area contributed by atoms with Crippen LogP contribution in [0.1, 0.15) is 29.7 Å². The normalized spacial score (nSPS) is 12.3. The van der Waals surface area contributed by atoms with Crippen LogP contribution in [-0.2, 0) is 0 Å². The maximum Gasteiger partial charge on any atom is 0.196 e. The Kier molecular flexibility index (Phi) is 4.02. The minimum Gasteiger partial charge on any atom is -0.376 e. The first kappa shape index (κ1) is 14.4. The number of benzene rings is 2. The maximum absolute atomic E-state index is 13.6. The monoisotopic (exact) mass is 279 g/mol. The van der Waals surface area contributed by atoms with Gasteiger partial charge in [-0.2, -0.15) is 0 Å². The van der Waals surface area contributed by atoms with Crippen molar-refractivity contribution in [3.05, 3.63) is 64.5 Å². The SMILES string of the molecule is Cc1ccc(C(C)Nc2ccc(F)c(F)c2F)cc1C. The topological polar surface area (TPSA) is 12.0 Å². The Hall–Kier alpha value is -1.97. The Morgan fingerprint density at radius 2 is 1.60 bits per heavy atom. The van der Waals surface area contributed by atoms with Gasteiger partial charge in [-0.25, -0.2) is 13.2 Å². The molecule has 0 radical (unpaired) electrons. The van der Waals surface area contributed by atoms with Gasteiger partial charge < -0.3 is 5.32 Å². The van der Waals surface area contributed by atoms with Gasteiger partial charge in [0.2, 0.25) is 0 Å². The molecular weight excluding hydrogens is 263 g/mol. The number of hydrogen-bond donors (Lipinski definition) is 1. The summed E-state index contributed by atoms with van der Waals surface area (Å²) in [6, 6.07) is 7.79. The summed E-state index contributed by atoms with van der Waals surface area (Å²) in [7, 11) is 0. The van der Waals surface area contributed by atoms with E-state index in [0.29, 0.717) is 0 Å². The van der Waals surface area contributed by atoms with Crippen LogP contribution in [-0.4, -0.2) is 0 Å². The average molecular weight is 279 g/mol. The van der Waals surface area contributed by atoms with Gasteiger partial charge in [0.25, 0.3) is 0 Å². The van der Waals surface area contributed by atoms with Crippen LogP contribution in [0.25, 0.3) is 0 Å². The summed E-state index contributed by atoms with van der Waals surface area (Å²) in [4.78, 5) is 0. The molecule has 0 amide bonds. The van der Waals surface area contributed by atoms with Crippen molar-refractivity contribution >= 4 is 5.69 Å². The Morgan fingerprint density at radius 3 is 2.25 bits per heavy atom. The van der Waals surface area contributed by atoms with Gasteiger partial charge in [-0.1, -0.05) is 18.2 Å². The van der Waals surface area contributed by atoms with Crippen LogP contribution < -0.4 is 5.32 Å². The molecule has 0 aliphatic carbocycles. The second-order valence-corrected chi connectivity index (χ2v) is 4.93. The second kappa shape index (κ2) is 5.57. The molecule has 2 aromatic rings. The number of nitrogens with one attached hydrogen (secondary N) is 1. The Labute approximate surface area is 116 Å². The van der Waals surface area contributed by atoms with Crippen molar-refractivity contribution in [1.82, 2.24) is 0 Å². The van der Waals surface area contributed by atoms with E-state index in [0.717, 1.165) is 17.2 Å². The van der Waals surface area contributed by atoms with Crippen LogP contribution in [0.3, 0.4) is 0 Å². The van der Waals surface area contributed by atoms with Gasteiger partial charge in [0.05, 0.1) is 5.69 Å². The molecule has 1 nitrogen and oxygen atoms in total. The van der Waals surface area contributed by atoms with Gasteiger partial charge >= 0.3 is 0 Å². The zero-order valence-electron chi connectivity index (χ0n) is 11.6. The molecule has 0 bridgehead atoms. The Morgan fingerprint density at radius 1 is 0.900 bits per heavy atom. The van der Waals surface area contributed by atoms with Gasteiger partial charge in [-0.05, 0) is 49.6 Å². The quantitative estimate of drug-likeness (QED) is 0.788. The van der Waals surface area contributed by atoms with Crippen LogP contribution >= 0.6 is 0 Å². The highest BCUT2D eigenvalue weighted by atomic mass is 19.2.